The molecule has 3 unspecified atom stereocenters. The van der Waals surface area contributed by atoms with E-state index >= 15 is 0 Å². The Bertz CT molecular complexity index is 133. The van der Waals surface area contributed by atoms with Crippen molar-refractivity contribution in [3.63, 3.8) is 0 Å². The highest BCUT2D eigenvalue weighted by molar-refractivity contribution is 4.87. The molecule has 0 radical (unpaired) electrons. The molecule has 1 heteroatoms. The summed E-state index contributed by atoms with van der Waals surface area (Å²) >= 11 is 0. The molecule has 78 valence electrons. The molecule has 1 aliphatic carbocycles. The molecule has 1 rings (SSSR count). The highest BCUT2D eigenvalue weighted by Crippen LogP contribution is 2.37. The molecule has 1 nitrogen and oxygen atoms in total. The van der Waals surface area contributed by atoms with Crippen LogP contribution in [0.1, 0.15) is 52.9 Å². The Morgan fingerprint density at radius 1 is 1.31 bits per heavy atom. The second kappa shape index (κ2) is 5.64. The molecule has 1 fully saturated rings. The first kappa shape index (κ1) is 11.0. The number of rotatable bonds is 6. The van der Waals surface area contributed by atoms with Gasteiger partial charge in [0.1, 0.15) is 0 Å². The van der Waals surface area contributed by atoms with Crippen LogP contribution in [0.25, 0.3) is 0 Å². The molecule has 0 bridgehead atoms. The van der Waals surface area contributed by atoms with Gasteiger partial charge in [0, 0.05) is 6.04 Å². The molecule has 0 aromatic heterocycles. The van der Waals surface area contributed by atoms with E-state index in [1.54, 1.807) is 0 Å². The van der Waals surface area contributed by atoms with Gasteiger partial charge in [-0.15, -0.1) is 0 Å². The third-order valence-electron chi connectivity index (χ3n) is 3.54. The maximum absolute atomic E-state index is 3.65. The van der Waals surface area contributed by atoms with Crippen LogP contribution in [0.15, 0.2) is 0 Å². The van der Waals surface area contributed by atoms with Crippen LogP contribution in [-0.2, 0) is 0 Å². The third kappa shape index (κ3) is 2.98. The van der Waals surface area contributed by atoms with Crippen molar-refractivity contribution in [2.24, 2.45) is 11.8 Å². The van der Waals surface area contributed by atoms with Crippen molar-refractivity contribution in [3.05, 3.63) is 0 Å². The molecule has 0 aromatic carbocycles. The van der Waals surface area contributed by atoms with Gasteiger partial charge in [0.05, 0.1) is 0 Å². The quantitative estimate of drug-likeness (QED) is 0.667. The van der Waals surface area contributed by atoms with E-state index in [4.69, 9.17) is 0 Å². The normalized spacial score (nSPS) is 29.8. The zero-order valence-corrected chi connectivity index (χ0v) is 9.47. The standard InChI is InChI=1S/C12H25N/c1-4-6-7-12(13-5-2)11-9-8-10(11)3/h10-13H,4-9H2,1-3H3. The van der Waals surface area contributed by atoms with E-state index in [0.717, 1.165) is 24.4 Å². The second-order valence-electron chi connectivity index (χ2n) is 4.52. The van der Waals surface area contributed by atoms with Crippen LogP contribution in [0, 0.1) is 11.8 Å². The van der Waals surface area contributed by atoms with Crippen LogP contribution >= 0.6 is 0 Å². The molecule has 13 heavy (non-hydrogen) atoms. The zero-order chi connectivity index (χ0) is 9.68. The molecule has 0 spiro atoms. The first-order valence-corrected chi connectivity index (χ1v) is 6.03. The maximum atomic E-state index is 3.65. The van der Waals surface area contributed by atoms with Gasteiger partial charge in [-0.25, -0.2) is 0 Å². The topological polar surface area (TPSA) is 12.0 Å². The van der Waals surface area contributed by atoms with Crippen molar-refractivity contribution in [2.45, 2.75) is 58.9 Å². The molecule has 0 saturated heterocycles. The maximum Gasteiger partial charge on any atom is 0.00977 e. The summed E-state index contributed by atoms with van der Waals surface area (Å²) in [6.07, 6.45) is 7.03. The summed E-state index contributed by atoms with van der Waals surface area (Å²) in [5.41, 5.74) is 0. The molecule has 0 amide bonds. The predicted molar refractivity (Wildman–Crippen MR) is 58.9 cm³/mol. The van der Waals surface area contributed by atoms with E-state index < -0.39 is 0 Å². The first-order valence-electron chi connectivity index (χ1n) is 6.03. The Hall–Kier alpha value is -0.0400. The fourth-order valence-electron chi connectivity index (χ4n) is 2.44. The van der Waals surface area contributed by atoms with Crippen LogP contribution in [0.2, 0.25) is 0 Å². The monoisotopic (exact) mass is 183 g/mol. The van der Waals surface area contributed by atoms with Crippen LogP contribution in [0.5, 0.6) is 0 Å². The lowest BCUT2D eigenvalue weighted by molar-refractivity contribution is 0.134. The van der Waals surface area contributed by atoms with Crippen LogP contribution in [-0.4, -0.2) is 12.6 Å². The summed E-state index contributed by atoms with van der Waals surface area (Å²) in [6.45, 7) is 8.05. The highest BCUT2D eigenvalue weighted by atomic mass is 14.9. The van der Waals surface area contributed by atoms with E-state index in [0.29, 0.717) is 0 Å². The first-order chi connectivity index (χ1) is 6.29. The molecule has 0 heterocycles. The van der Waals surface area contributed by atoms with E-state index in [-0.39, 0.29) is 0 Å². The van der Waals surface area contributed by atoms with Gasteiger partial charge in [0.2, 0.25) is 0 Å². The summed E-state index contributed by atoms with van der Waals surface area (Å²) in [7, 11) is 0. The number of nitrogens with one attached hydrogen (secondary N) is 1. The smallest absolute Gasteiger partial charge is 0.00977 e. The molecule has 1 saturated carbocycles. The number of hydrogen-bond donors (Lipinski definition) is 1. The molecule has 1 N–H and O–H groups in total. The van der Waals surface area contributed by atoms with Crippen molar-refractivity contribution < 1.29 is 0 Å². The minimum absolute atomic E-state index is 0.814. The molecular weight excluding hydrogens is 158 g/mol. The molecular formula is C12H25N. The SMILES string of the molecule is CCCCC(NCC)C1CCC1C. The summed E-state index contributed by atoms with van der Waals surface area (Å²) in [6, 6.07) is 0.814. The zero-order valence-electron chi connectivity index (χ0n) is 9.47. The average molecular weight is 183 g/mol. The van der Waals surface area contributed by atoms with Crippen molar-refractivity contribution >= 4 is 0 Å². The van der Waals surface area contributed by atoms with Gasteiger partial charge in [0.15, 0.2) is 0 Å². The van der Waals surface area contributed by atoms with E-state index in [2.05, 4.69) is 26.1 Å². The minimum Gasteiger partial charge on any atom is -0.314 e. The van der Waals surface area contributed by atoms with Crippen LogP contribution < -0.4 is 5.32 Å². The van der Waals surface area contributed by atoms with Gasteiger partial charge in [-0.2, -0.15) is 0 Å². The number of unbranched alkanes of at least 4 members (excludes halogenated alkanes) is 1. The Morgan fingerprint density at radius 3 is 2.46 bits per heavy atom. The lowest BCUT2D eigenvalue weighted by Crippen LogP contribution is -2.43. The fraction of sp³-hybridized carbons (Fsp3) is 1.00. The van der Waals surface area contributed by atoms with E-state index in [1.807, 2.05) is 0 Å². The summed E-state index contributed by atoms with van der Waals surface area (Å²) in [4.78, 5) is 0. The molecule has 0 aliphatic heterocycles. The molecule has 0 aromatic rings. The Labute approximate surface area is 83.3 Å². The Morgan fingerprint density at radius 2 is 2.08 bits per heavy atom. The van der Waals surface area contributed by atoms with Crippen molar-refractivity contribution in [2.75, 3.05) is 6.54 Å². The fourth-order valence-corrected chi connectivity index (χ4v) is 2.44. The van der Waals surface area contributed by atoms with Crippen molar-refractivity contribution in [1.82, 2.24) is 5.32 Å². The van der Waals surface area contributed by atoms with E-state index in [1.165, 1.54) is 32.1 Å². The van der Waals surface area contributed by atoms with Gasteiger partial charge in [0.25, 0.3) is 0 Å². The Kier molecular flexibility index (Phi) is 4.79. The van der Waals surface area contributed by atoms with Crippen molar-refractivity contribution in [3.8, 4) is 0 Å². The largest absolute Gasteiger partial charge is 0.314 e. The van der Waals surface area contributed by atoms with Crippen molar-refractivity contribution in [1.29, 1.82) is 0 Å². The Balaban J connectivity index is 2.28. The van der Waals surface area contributed by atoms with Crippen LogP contribution in [0.4, 0.5) is 0 Å². The van der Waals surface area contributed by atoms with Gasteiger partial charge in [-0.3, -0.25) is 0 Å². The lowest BCUT2D eigenvalue weighted by Gasteiger charge is -2.40. The van der Waals surface area contributed by atoms with Gasteiger partial charge in [-0.05, 0) is 31.2 Å². The third-order valence-corrected chi connectivity index (χ3v) is 3.54. The average Bonchev–Trinajstić information content (AvgIpc) is 2.12. The molecule has 1 aliphatic rings. The minimum atomic E-state index is 0.814. The highest BCUT2D eigenvalue weighted by Gasteiger charge is 2.32. The summed E-state index contributed by atoms with van der Waals surface area (Å²) < 4.78 is 0. The summed E-state index contributed by atoms with van der Waals surface area (Å²) in [5, 5.41) is 3.65. The second-order valence-corrected chi connectivity index (χ2v) is 4.52. The number of hydrogen-bond acceptors (Lipinski definition) is 1. The predicted octanol–water partition coefficient (Wildman–Crippen LogP) is 3.20. The van der Waals surface area contributed by atoms with Gasteiger partial charge < -0.3 is 5.32 Å². The molecule has 3 atom stereocenters. The van der Waals surface area contributed by atoms with Gasteiger partial charge in [-0.1, -0.05) is 40.0 Å². The summed E-state index contributed by atoms with van der Waals surface area (Å²) in [5.74, 6) is 1.95. The lowest BCUT2D eigenvalue weighted by atomic mass is 9.69. The van der Waals surface area contributed by atoms with E-state index in [9.17, 15) is 0 Å². The van der Waals surface area contributed by atoms with Gasteiger partial charge >= 0.3 is 0 Å². The van der Waals surface area contributed by atoms with Crippen LogP contribution in [0.3, 0.4) is 0 Å².